The number of pyridine rings is 1. The lowest BCUT2D eigenvalue weighted by Crippen LogP contribution is -2.03. The van der Waals surface area contributed by atoms with E-state index < -0.39 is 5.97 Å². The van der Waals surface area contributed by atoms with Gasteiger partial charge in [-0.3, -0.25) is 0 Å². The molecule has 1 heterocycles. The summed E-state index contributed by atoms with van der Waals surface area (Å²) in [6.07, 6.45) is 0. The number of esters is 1. The second-order valence-corrected chi connectivity index (χ2v) is 2.73. The van der Waals surface area contributed by atoms with Crippen molar-refractivity contribution >= 4 is 29.2 Å². The first-order valence-corrected chi connectivity index (χ1v) is 3.81. The molecular weight excluding hydrogens is 201 g/mol. The van der Waals surface area contributed by atoms with Gasteiger partial charge in [-0.15, -0.1) is 0 Å². The number of rotatable bonds is 1. The summed E-state index contributed by atoms with van der Waals surface area (Å²) in [5.41, 5.74) is 0.145. The zero-order chi connectivity index (χ0) is 9.14. The summed E-state index contributed by atoms with van der Waals surface area (Å²) in [6.45, 7) is 0. The predicted molar refractivity (Wildman–Crippen MR) is 45.6 cm³/mol. The van der Waals surface area contributed by atoms with Crippen molar-refractivity contribution in [2.24, 2.45) is 0 Å². The van der Waals surface area contributed by atoms with Gasteiger partial charge in [0, 0.05) is 0 Å². The van der Waals surface area contributed by atoms with Crippen LogP contribution in [0, 0.1) is 0 Å². The quantitative estimate of drug-likeness (QED) is 0.522. The number of methoxy groups -OCH3 is 1. The van der Waals surface area contributed by atoms with Crippen molar-refractivity contribution in [1.82, 2.24) is 4.98 Å². The Balaban J connectivity index is 3.05. The Morgan fingerprint density at radius 1 is 1.50 bits per heavy atom. The SMILES string of the molecule is COC(=O)c1ccc(Cl)c(Cl)n1. The molecule has 1 aromatic rings. The normalized spacial score (nSPS) is 9.58. The molecule has 0 saturated carbocycles. The third-order valence-electron chi connectivity index (χ3n) is 1.20. The van der Waals surface area contributed by atoms with Gasteiger partial charge in [0.2, 0.25) is 0 Å². The number of aromatic nitrogens is 1. The molecule has 0 unspecified atom stereocenters. The van der Waals surface area contributed by atoms with Crippen LogP contribution in [-0.2, 0) is 4.74 Å². The average molecular weight is 206 g/mol. The minimum atomic E-state index is -0.534. The van der Waals surface area contributed by atoms with E-state index in [0.717, 1.165) is 0 Å². The second-order valence-electron chi connectivity index (χ2n) is 1.96. The van der Waals surface area contributed by atoms with E-state index in [9.17, 15) is 4.79 Å². The van der Waals surface area contributed by atoms with E-state index in [1.54, 1.807) is 0 Å². The van der Waals surface area contributed by atoms with E-state index in [2.05, 4.69) is 9.72 Å². The van der Waals surface area contributed by atoms with E-state index >= 15 is 0 Å². The molecule has 0 spiro atoms. The number of carbonyl (C=O) groups is 1. The zero-order valence-electron chi connectivity index (χ0n) is 6.17. The Hall–Kier alpha value is -0.800. The molecule has 1 aromatic heterocycles. The van der Waals surface area contributed by atoms with E-state index in [-0.39, 0.29) is 10.8 Å². The lowest BCUT2D eigenvalue weighted by atomic mass is 10.3. The van der Waals surface area contributed by atoms with Crippen LogP contribution in [0.5, 0.6) is 0 Å². The number of nitrogens with zero attached hydrogens (tertiary/aromatic N) is 1. The zero-order valence-corrected chi connectivity index (χ0v) is 7.69. The maximum absolute atomic E-state index is 10.9. The van der Waals surface area contributed by atoms with E-state index in [1.807, 2.05) is 0 Å². The molecule has 0 amide bonds. The lowest BCUT2D eigenvalue weighted by molar-refractivity contribution is 0.0594. The largest absolute Gasteiger partial charge is 0.464 e. The van der Waals surface area contributed by atoms with E-state index in [1.165, 1.54) is 19.2 Å². The number of halogens is 2. The Morgan fingerprint density at radius 3 is 2.67 bits per heavy atom. The van der Waals surface area contributed by atoms with Gasteiger partial charge in [-0.05, 0) is 12.1 Å². The topological polar surface area (TPSA) is 39.2 Å². The van der Waals surface area contributed by atoms with Gasteiger partial charge in [-0.25, -0.2) is 9.78 Å². The monoisotopic (exact) mass is 205 g/mol. The highest BCUT2D eigenvalue weighted by Gasteiger charge is 2.08. The standard InChI is InChI=1S/C7H5Cl2NO2/c1-12-7(11)5-3-2-4(8)6(9)10-5/h2-3H,1H3. The maximum Gasteiger partial charge on any atom is 0.356 e. The van der Waals surface area contributed by atoms with Gasteiger partial charge in [-0.1, -0.05) is 23.2 Å². The summed E-state index contributed by atoms with van der Waals surface area (Å²) in [6, 6.07) is 2.93. The van der Waals surface area contributed by atoms with Gasteiger partial charge in [0.15, 0.2) is 0 Å². The Kier molecular flexibility index (Phi) is 2.89. The van der Waals surface area contributed by atoms with Crippen molar-refractivity contribution in [2.45, 2.75) is 0 Å². The second kappa shape index (κ2) is 3.74. The minimum Gasteiger partial charge on any atom is -0.464 e. The molecule has 0 aliphatic rings. The highest BCUT2D eigenvalue weighted by atomic mass is 35.5. The van der Waals surface area contributed by atoms with Crippen molar-refractivity contribution in [3.8, 4) is 0 Å². The summed E-state index contributed by atoms with van der Waals surface area (Å²) in [4.78, 5) is 14.6. The third-order valence-corrected chi connectivity index (χ3v) is 1.89. The van der Waals surface area contributed by atoms with Crippen molar-refractivity contribution in [2.75, 3.05) is 7.11 Å². The third kappa shape index (κ3) is 1.87. The molecular formula is C7H5Cl2NO2. The maximum atomic E-state index is 10.9. The molecule has 1 rings (SSSR count). The van der Waals surface area contributed by atoms with Crippen LogP contribution >= 0.6 is 23.2 Å². The predicted octanol–water partition coefficient (Wildman–Crippen LogP) is 2.17. The molecule has 0 atom stereocenters. The van der Waals surface area contributed by atoms with Crippen LogP contribution in [0.15, 0.2) is 12.1 Å². The summed E-state index contributed by atoms with van der Waals surface area (Å²) in [5, 5.41) is 0.406. The van der Waals surface area contributed by atoms with Gasteiger partial charge >= 0.3 is 5.97 Å². The molecule has 0 bridgehead atoms. The van der Waals surface area contributed by atoms with Crippen molar-refractivity contribution in [3.63, 3.8) is 0 Å². The first kappa shape index (κ1) is 9.29. The van der Waals surface area contributed by atoms with Crippen LogP contribution in [0.4, 0.5) is 0 Å². The number of hydrogen-bond acceptors (Lipinski definition) is 3. The highest BCUT2D eigenvalue weighted by molar-refractivity contribution is 6.41. The van der Waals surface area contributed by atoms with E-state index in [0.29, 0.717) is 5.02 Å². The van der Waals surface area contributed by atoms with Crippen LogP contribution in [0.1, 0.15) is 10.5 Å². The number of hydrogen-bond donors (Lipinski definition) is 0. The molecule has 0 fully saturated rings. The number of ether oxygens (including phenoxy) is 1. The van der Waals surface area contributed by atoms with Gasteiger partial charge in [0.25, 0.3) is 0 Å². The van der Waals surface area contributed by atoms with Crippen LogP contribution in [0.25, 0.3) is 0 Å². The van der Waals surface area contributed by atoms with Crippen LogP contribution in [-0.4, -0.2) is 18.1 Å². The Morgan fingerprint density at radius 2 is 2.17 bits per heavy atom. The Bertz CT molecular complexity index is 314. The highest BCUT2D eigenvalue weighted by Crippen LogP contribution is 2.19. The van der Waals surface area contributed by atoms with Gasteiger partial charge in [0.1, 0.15) is 10.8 Å². The molecule has 64 valence electrons. The summed E-state index contributed by atoms with van der Waals surface area (Å²) < 4.78 is 4.43. The average Bonchev–Trinajstić information content (AvgIpc) is 2.08. The fourth-order valence-corrected chi connectivity index (χ4v) is 0.895. The van der Waals surface area contributed by atoms with Crippen LogP contribution in [0.2, 0.25) is 10.2 Å². The van der Waals surface area contributed by atoms with Gasteiger partial charge < -0.3 is 4.74 Å². The molecule has 3 nitrogen and oxygen atoms in total. The molecule has 0 aliphatic heterocycles. The first-order valence-electron chi connectivity index (χ1n) is 3.05. The number of carbonyl (C=O) groups excluding carboxylic acids is 1. The minimum absolute atomic E-state index is 0.0968. The van der Waals surface area contributed by atoms with Gasteiger partial charge in [0.05, 0.1) is 12.1 Å². The molecule has 0 N–H and O–H groups in total. The van der Waals surface area contributed by atoms with Crippen LogP contribution in [0.3, 0.4) is 0 Å². The first-order chi connectivity index (χ1) is 5.65. The van der Waals surface area contributed by atoms with Gasteiger partial charge in [-0.2, -0.15) is 0 Å². The summed E-state index contributed by atoms with van der Waals surface area (Å²) in [7, 11) is 1.27. The van der Waals surface area contributed by atoms with Crippen LogP contribution < -0.4 is 0 Å². The van der Waals surface area contributed by atoms with Crippen molar-refractivity contribution in [1.29, 1.82) is 0 Å². The molecule has 0 radical (unpaired) electrons. The molecule has 12 heavy (non-hydrogen) atoms. The molecule has 0 aliphatic carbocycles. The summed E-state index contributed by atoms with van der Waals surface area (Å²) >= 11 is 11.1. The van der Waals surface area contributed by atoms with Crippen molar-refractivity contribution < 1.29 is 9.53 Å². The fraction of sp³-hybridized carbons (Fsp3) is 0.143. The summed E-state index contributed by atoms with van der Waals surface area (Å²) in [5.74, 6) is -0.534. The van der Waals surface area contributed by atoms with Crippen molar-refractivity contribution in [3.05, 3.63) is 28.0 Å². The fourth-order valence-electron chi connectivity index (χ4n) is 0.636. The Labute approximate surface area is 79.3 Å². The lowest BCUT2D eigenvalue weighted by Gasteiger charge is -1.98. The van der Waals surface area contributed by atoms with E-state index in [4.69, 9.17) is 23.2 Å². The smallest absolute Gasteiger partial charge is 0.356 e. The molecule has 5 heteroatoms. The molecule has 0 aromatic carbocycles. The molecule has 0 saturated heterocycles.